The maximum atomic E-state index is 0. The van der Waals surface area contributed by atoms with Gasteiger partial charge in [0.25, 0.3) is 0 Å². The van der Waals surface area contributed by atoms with Gasteiger partial charge in [0.1, 0.15) is 0 Å². The van der Waals surface area contributed by atoms with Crippen molar-refractivity contribution in [3.63, 3.8) is 0 Å². The van der Waals surface area contributed by atoms with Crippen molar-refractivity contribution in [1.82, 2.24) is 0 Å². The molecule has 0 saturated carbocycles. The summed E-state index contributed by atoms with van der Waals surface area (Å²) >= 11 is 0. The molecule has 0 heterocycles. The van der Waals surface area contributed by atoms with E-state index in [1.807, 2.05) is 0 Å². The smallest absolute Gasteiger partial charge is 0 e. The molecule has 0 atom stereocenters. The normalized spacial score (nSPS) is 0. The molecule has 0 amide bonds. The van der Waals surface area contributed by atoms with Crippen LogP contribution in [0.5, 0.6) is 0 Å². The maximum absolute atomic E-state index is 0. The number of hydrogen-bond acceptors (Lipinski definition) is 0. The van der Waals surface area contributed by atoms with Crippen LogP contribution >= 0.6 is 0 Å². The zero-order valence-corrected chi connectivity index (χ0v) is 5.47. The minimum absolute atomic E-state index is 0. The molecule has 0 unspecified atom stereocenters. The van der Waals surface area contributed by atoms with E-state index in [4.69, 9.17) is 0 Å². The summed E-state index contributed by atoms with van der Waals surface area (Å²) in [5.74, 6) is 0. The van der Waals surface area contributed by atoms with Gasteiger partial charge in [0, 0.05) is 70.1 Å². The van der Waals surface area contributed by atoms with Crippen molar-refractivity contribution in [2.75, 3.05) is 0 Å². The van der Waals surface area contributed by atoms with Crippen LogP contribution in [0.1, 0.15) is 0 Å². The van der Waals surface area contributed by atoms with Crippen LogP contribution in [0.15, 0.2) is 0 Å². The first-order valence-electron chi connectivity index (χ1n) is 0. The fourth-order valence-corrected chi connectivity index (χ4v) is 0. The van der Waals surface area contributed by atoms with E-state index >= 15 is 0 Å². The van der Waals surface area contributed by atoms with E-state index in [0.29, 0.717) is 0 Å². The zero-order valence-electron chi connectivity index (χ0n) is 2.09. The molecule has 0 nitrogen and oxygen atoms in total. The van der Waals surface area contributed by atoms with Gasteiger partial charge < -0.3 is 0 Å². The van der Waals surface area contributed by atoms with E-state index in [-0.39, 0.29) is 70.1 Å². The second kappa shape index (κ2) is 19.2. The van der Waals surface area contributed by atoms with Gasteiger partial charge in [-0.2, -0.15) is 0 Å². The van der Waals surface area contributed by atoms with E-state index in [9.17, 15) is 0 Å². The Kier molecular flexibility index (Phi) is 169. The molecule has 0 aliphatic carbocycles. The molecule has 4 heavy (non-hydrogen) atoms. The summed E-state index contributed by atoms with van der Waals surface area (Å²) in [6, 6.07) is 0. The molecule has 0 aromatic heterocycles. The average Bonchev–Trinajstić information content (AvgIpc) is 0. The second-order valence-electron chi connectivity index (χ2n) is 0. The first-order valence-corrected chi connectivity index (χ1v) is 0. The fourth-order valence-electron chi connectivity index (χ4n) is 0. The Hall–Kier alpha value is 2.16. The molecule has 0 aliphatic rings. The molecule has 0 rings (SSSR count). The summed E-state index contributed by atoms with van der Waals surface area (Å²) in [6.07, 6.45) is 0. The van der Waals surface area contributed by atoms with Gasteiger partial charge in [-0.05, 0) is 0 Å². The molecule has 0 aromatic carbocycles. The number of hydrogen-bond donors (Lipinski definition) is 0. The van der Waals surface area contributed by atoms with E-state index in [1.165, 1.54) is 0 Å². The Labute approximate surface area is 69.5 Å². The Morgan fingerprint density at radius 2 is 0.750 bits per heavy atom. The Morgan fingerprint density at radius 1 is 0.750 bits per heavy atom. The molecule has 0 saturated heterocycles. The van der Waals surface area contributed by atoms with Crippen LogP contribution in [0, 0.1) is 0 Å². The van der Waals surface area contributed by atoms with E-state index < -0.39 is 0 Å². The van der Waals surface area contributed by atoms with Gasteiger partial charge >= 0.3 is 0 Å². The monoisotopic (exact) mass is 174 g/mol. The molecular formula is Fe2LiMn. The topological polar surface area (TPSA) is 0 Å². The first-order chi connectivity index (χ1) is 0. The summed E-state index contributed by atoms with van der Waals surface area (Å²) in [5, 5.41) is 0. The van der Waals surface area contributed by atoms with Gasteiger partial charge in [0.05, 0.1) is 0 Å². The van der Waals surface area contributed by atoms with Gasteiger partial charge in [0.2, 0.25) is 0 Å². The Morgan fingerprint density at radius 3 is 0.750 bits per heavy atom. The number of rotatable bonds is 0. The average molecular weight is 174 g/mol. The van der Waals surface area contributed by atoms with Crippen molar-refractivity contribution < 1.29 is 51.2 Å². The van der Waals surface area contributed by atoms with Crippen LogP contribution in [0.25, 0.3) is 0 Å². The van der Waals surface area contributed by atoms with Gasteiger partial charge in [-0.3, -0.25) is 0 Å². The molecule has 0 aromatic rings. The molecule has 0 N–H and O–H groups in total. The van der Waals surface area contributed by atoms with Crippen LogP contribution in [-0.4, -0.2) is 18.9 Å². The molecule has 0 spiro atoms. The van der Waals surface area contributed by atoms with Crippen LogP contribution in [0.2, 0.25) is 0 Å². The maximum Gasteiger partial charge on any atom is 0 e. The third kappa shape index (κ3) is 8.91. The summed E-state index contributed by atoms with van der Waals surface area (Å²) in [5.41, 5.74) is 0. The molecule has 0 bridgehead atoms. The van der Waals surface area contributed by atoms with Gasteiger partial charge in [-0.1, -0.05) is 0 Å². The second-order valence-corrected chi connectivity index (χ2v) is 0. The van der Waals surface area contributed by atoms with Crippen molar-refractivity contribution in [3.8, 4) is 0 Å². The van der Waals surface area contributed by atoms with Crippen LogP contribution < -0.4 is 0 Å². The van der Waals surface area contributed by atoms with Gasteiger partial charge in [-0.15, -0.1) is 0 Å². The minimum atomic E-state index is 0. The van der Waals surface area contributed by atoms with Crippen LogP contribution in [0.3, 0.4) is 0 Å². The van der Waals surface area contributed by atoms with Crippen molar-refractivity contribution >= 4 is 18.9 Å². The Bertz CT molecular complexity index is 6.00. The predicted molar refractivity (Wildman–Crippen MR) is 5.75 cm³/mol. The third-order valence-corrected chi connectivity index (χ3v) is 0. The van der Waals surface area contributed by atoms with Crippen molar-refractivity contribution in [2.45, 2.75) is 0 Å². The van der Waals surface area contributed by atoms with Gasteiger partial charge in [0.15, 0.2) is 0 Å². The Balaban J connectivity index is 0. The zero-order chi connectivity index (χ0) is 0. The van der Waals surface area contributed by atoms with Gasteiger partial charge in [-0.25, -0.2) is 0 Å². The first kappa shape index (κ1) is 35.2. The largest absolute Gasteiger partial charge is 0 e. The minimum Gasteiger partial charge on any atom is 0 e. The fraction of sp³-hybridized carbons (Fsp3) is 0. The van der Waals surface area contributed by atoms with Crippen molar-refractivity contribution in [3.05, 3.63) is 0 Å². The molecule has 2 radical (unpaired) electrons. The SMILES string of the molecule is [Fe].[Fe].[Li].[Mn]. The van der Waals surface area contributed by atoms with Crippen LogP contribution in [0.4, 0.5) is 0 Å². The van der Waals surface area contributed by atoms with E-state index in [1.54, 1.807) is 0 Å². The summed E-state index contributed by atoms with van der Waals surface area (Å²) in [4.78, 5) is 0. The summed E-state index contributed by atoms with van der Waals surface area (Å²) in [7, 11) is 0. The molecule has 4 heteroatoms. The van der Waals surface area contributed by atoms with E-state index in [2.05, 4.69) is 0 Å². The van der Waals surface area contributed by atoms with Crippen LogP contribution in [-0.2, 0) is 51.2 Å². The molecule has 0 fully saturated rings. The molecular weight excluding hydrogens is 174 g/mol. The van der Waals surface area contributed by atoms with Crippen molar-refractivity contribution in [1.29, 1.82) is 0 Å². The molecule has 24 valence electrons. The third-order valence-electron chi connectivity index (χ3n) is 0. The summed E-state index contributed by atoms with van der Waals surface area (Å²) < 4.78 is 0. The van der Waals surface area contributed by atoms with Crippen molar-refractivity contribution in [2.24, 2.45) is 0 Å². The molecule has 0 aliphatic heterocycles. The predicted octanol–water partition coefficient (Wildman–Crippen LogP) is -0.388. The quantitative estimate of drug-likeness (QED) is 0.438. The van der Waals surface area contributed by atoms with E-state index in [0.717, 1.165) is 0 Å². The summed E-state index contributed by atoms with van der Waals surface area (Å²) in [6.45, 7) is 0. The standard InChI is InChI=1S/2Fe.Li.Mn.